The normalized spacial score (nSPS) is 16.1. The van der Waals surface area contributed by atoms with Gasteiger partial charge in [-0.1, -0.05) is 30.1 Å². The predicted molar refractivity (Wildman–Crippen MR) is 161 cm³/mol. The van der Waals surface area contributed by atoms with Crippen LogP contribution in [-0.4, -0.2) is 64.4 Å². The molecule has 0 saturated carbocycles. The van der Waals surface area contributed by atoms with E-state index in [0.717, 1.165) is 34.4 Å². The van der Waals surface area contributed by atoms with Crippen LogP contribution in [0.4, 0.5) is 0 Å². The molecule has 1 saturated heterocycles. The van der Waals surface area contributed by atoms with Crippen molar-refractivity contribution in [1.82, 2.24) is 19.7 Å². The van der Waals surface area contributed by atoms with Crippen LogP contribution in [-0.2, 0) is 17.6 Å². The number of methoxy groups -OCH3 is 1. The number of halogens is 2. The summed E-state index contributed by atoms with van der Waals surface area (Å²) in [7, 11) is 1.60. The highest BCUT2D eigenvalue weighted by molar-refractivity contribution is 6.34. The summed E-state index contributed by atoms with van der Waals surface area (Å²) in [6.07, 6.45) is 5.16. The molecule has 4 aromatic rings. The van der Waals surface area contributed by atoms with Crippen LogP contribution in [0.25, 0.3) is 28.1 Å². The van der Waals surface area contributed by atoms with Gasteiger partial charge >= 0.3 is 0 Å². The third-order valence-corrected chi connectivity index (χ3v) is 8.33. The number of primary amides is 1. The van der Waals surface area contributed by atoms with Gasteiger partial charge in [-0.15, -0.1) is 0 Å². The molecule has 2 aromatic carbocycles. The van der Waals surface area contributed by atoms with Crippen molar-refractivity contribution >= 4 is 35.0 Å². The Bertz CT molecular complexity index is 1700. The van der Waals surface area contributed by atoms with Gasteiger partial charge in [-0.25, -0.2) is 4.68 Å². The van der Waals surface area contributed by atoms with E-state index in [1.54, 1.807) is 42.3 Å². The molecule has 2 aromatic heterocycles. The van der Waals surface area contributed by atoms with E-state index in [1.807, 2.05) is 17.0 Å². The molecule has 11 heteroatoms. The molecule has 3 heterocycles. The molecule has 1 aliphatic heterocycles. The monoisotopic (exact) mass is 605 g/mol. The van der Waals surface area contributed by atoms with Crippen molar-refractivity contribution in [3.63, 3.8) is 0 Å². The maximum absolute atomic E-state index is 14.1. The standard InChI is InChI=1S/C31H29Cl2N5O4/c1-3-22-16-42-7-6-37(22)31(40)28-24-5-4-17-9-27(41-2)25(18-8-19(30(34)39)15-35-14-18)13-26(17)29(24)38(36-28)23-11-20(32)10-21(33)12-23/h8-15,22H,3-7,16H2,1-2H3,(H2,34,39)/t22-/m0/s1. The molecule has 0 spiro atoms. The number of fused-ring (bicyclic) bond motifs is 3. The summed E-state index contributed by atoms with van der Waals surface area (Å²) in [4.78, 5) is 32.1. The predicted octanol–water partition coefficient (Wildman–Crippen LogP) is 5.37. The van der Waals surface area contributed by atoms with Crippen molar-refractivity contribution in [3.05, 3.63) is 81.2 Å². The number of carbonyl (C=O) groups is 2. The Morgan fingerprint density at radius 3 is 2.57 bits per heavy atom. The van der Waals surface area contributed by atoms with Gasteiger partial charge in [0, 0.05) is 51.2 Å². The van der Waals surface area contributed by atoms with Crippen molar-refractivity contribution in [2.75, 3.05) is 26.9 Å². The largest absolute Gasteiger partial charge is 0.496 e. The van der Waals surface area contributed by atoms with E-state index >= 15 is 0 Å². The summed E-state index contributed by atoms with van der Waals surface area (Å²) in [5.74, 6) is -0.0622. The van der Waals surface area contributed by atoms with Gasteiger partial charge in [0.25, 0.3) is 5.91 Å². The van der Waals surface area contributed by atoms with Crippen molar-refractivity contribution in [3.8, 4) is 33.8 Å². The third kappa shape index (κ3) is 5.02. The molecular formula is C31H29Cl2N5O4. The Hall–Kier alpha value is -3.92. The second kappa shape index (κ2) is 11.4. The van der Waals surface area contributed by atoms with Gasteiger partial charge in [0.15, 0.2) is 5.69 Å². The van der Waals surface area contributed by atoms with Crippen LogP contribution in [0.3, 0.4) is 0 Å². The smallest absolute Gasteiger partial charge is 0.275 e. The van der Waals surface area contributed by atoms with Crippen molar-refractivity contribution < 1.29 is 19.1 Å². The van der Waals surface area contributed by atoms with E-state index in [-0.39, 0.29) is 17.5 Å². The highest BCUT2D eigenvalue weighted by Crippen LogP contribution is 2.43. The van der Waals surface area contributed by atoms with E-state index in [0.29, 0.717) is 65.3 Å². The topological polar surface area (TPSA) is 113 Å². The van der Waals surface area contributed by atoms with E-state index < -0.39 is 5.91 Å². The molecule has 1 fully saturated rings. The summed E-state index contributed by atoms with van der Waals surface area (Å²) in [5, 5.41) is 5.84. The number of morpholine rings is 1. The first-order valence-corrected chi connectivity index (χ1v) is 14.5. The summed E-state index contributed by atoms with van der Waals surface area (Å²) in [6.45, 7) is 3.54. The molecule has 1 atom stereocenters. The Kier molecular flexibility index (Phi) is 7.66. The minimum Gasteiger partial charge on any atom is -0.496 e. The zero-order valence-electron chi connectivity index (χ0n) is 23.2. The molecule has 42 heavy (non-hydrogen) atoms. The molecular weight excluding hydrogens is 577 g/mol. The number of hydrogen-bond donors (Lipinski definition) is 1. The van der Waals surface area contributed by atoms with Crippen LogP contribution in [0.1, 0.15) is 45.3 Å². The fourth-order valence-corrected chi connectivity index (χ4v) is 6.32. The lowest BCUT2D eigenvalue weighted by atomic mass is 9.86. The van der Waals surface area contributed by atoms with Gasteiger partial charge in [0.2, 0.25) is 5.91 Å². The number of aromatic nitrogens is 3. The third-order valence-electron chi connectivity index (χ3n) is 7.90. The fraction of sp³-hybridized carbons (Fsp3) is 0.290. The second-order valence-electron chi connectivity index (χ2n) is 10.4. The van der Waals surface area contributed by atoms with E-state index in [4.69, 9.17) is 43.5 Å². The van der Waals surface area contributed by atoms with Gasteiger partial charge in [0.05, 0.1) is 43.3 Å². The summed E-state index contributed by atoms with van der Waals surface area (Å²) in [6, 6.07) is 10.9. The van der Waals surface area contributed by atoms with Gasteiger partial charge in [-0.3, -0.25) is 14.6 Å². The van der Waals surface area contributed by atoms with Crippen molar-refractivity contribution in [2.45, 2.75) is 32.2 Å². The first-order valence-electron chi connectivity index (χ1n) is 13.7. The molecule has 2 N–H and O–H groups in total. The molecule has 0 radical (unpaired) electrons. The lowest BCUT2D eigenvalue weighted by molar-refractivity contribution is -0.00318. The van der Waals surface area contributed by atoms with E-state index in [2.05, 4.69) is 11.9 Å². The van der Waals surface area contributed by atoms with Crippen LogP contribution >= 0.6 is 23.2 Å². The molecule has 0 unspecified atom stereocenters. The summed E-state index contributed by atoms with van der Waals surface area (Å²) >= 11 is 12.8. The van der Waals surface area contributed by atoms with E-state index in [1.165, 1.54) is 6.20 Å². The maximum Gasteiger partial charge on any atom is 0.275 e. The lowest BCUT2D eigenvalue weighted by Gasteiger charge is -2.34. The average molecular weight is 607 g/mol. The second-order valence-corrected chi connectivity index (χ2v) is 11.3. The quantitative estimate of drug-likeness (QED) is 0.316. The number of rotatable bonds is 6. The number of benzene rings is 2. The number of aryl methyl sites for hydroxylation is 1. The molecule has 216 valence electrons. The number of ether oxygens (including phenoxy) is 2. The lowest BCUT2D eigenvalue weighted by Crippen LogP contribution is -2.48. The first-order chi connectivity index (χ1) is 20.3. The first kappa shape index (κ1) is 28.2. The van der Waals surface area contributed by atoms with Gasteiger partial charge in [0.1, 0.15) is 5.75 Å². The molecule has 1 aliphatic carbocycles. The number of nitrogens with two attached hydrogens (primary N) is 1. The molecule has 9 nitrogen and oxygen atoms in total. The Morgan fingerprint density at radius 1 is 1.07 bits per heavy atom. The van der Waals surface area contributed by atoms with Gasteiger partial charge in [-0.2, -0.15) is 5.10 Å². The molecule has 2 aliphatic rings. The maximum atomic E-state index is 14.1. The summed E-state index contributed by atoms with van der Waals surface area (Å²) in [5.41, 5.74) is 11.8. The number of amides is 2. The van der Waals surface area contributed by atoms with Crippen LogP contribution in [0.5, 0.6) is 5.75 Å². The van der Waals surface area contributed by atoms with Crippen LogP contribution in [0.2, 0.25) is 10.0 Å². The minimum atomic E-state index is -0.573. The van der Waals surface area contributed by atoms with Crippen LogP contribution in [0.15, 0.2) is 48.8 Å². The van der Waals surface area contributed by atoms with Crippen LogP contribution < -0.4 is 10.5 Å². The SMILES string of the molecule is CC[C@H]1COCCN1C(=O)c1nn(-c2cc(Cl)cc(Cl)c2)c2c1CCc1cc(OC)c(-c3cncc(C(N)=O)c3)cc1-2. The Morgan fingerprint density at radius 2 is 1.86 bits per heavy atom. The molecule has 2 amide bonds. The Balaban J connectivity index is 1.58. The van der Waals surface area contributed by atoms with Crippen molar-refractivity contribution in [1.29, 1.82) is 0 Å². The highest BCUT2D eigenvalue weighted by atomic mass is 35.5. The van der Waals surface area contributed by atoms with Gasteiger partial charge < -0.3 is 20.1 Å². The molecule has 0 bridgehead atoms. The fourth-order valence-electron chi connectivity index (χ4n) is 5.81. The number of pyridine rings is 1. The number of nitrogens with zero attached hydrogens (tertiary/aromatic N) is 4. The van der Waals surface area contributed by atoms with Gasteiger partial charge in [-0.05, 0) is 61.2 Å². The summed E-state index contributed by atoms with van der Waals surface area (Å²) < 4.78 is 13.2. The minimum absolute atomic E-state index is 0.0237. The highest BCUT2D eigenvalue weighted by Gasteiger charge is 2.35. The van der Waals surface area contributed by atoms with E-state index in [9.17, 15) is 9.59 Å². The number of hydrogen-bond acceptors (Lipinski definition) is 6. The number of carbonyl (C=O) groups excluding carboxylic acids is 2. The molecule has 6 rings (SSSR count). The zero-order chi connectivity index (χ0) is 29.5. The van der Waals surface area contributed by atoms with Crippen molar-refractivity contribution in [2.24, 2.45) is 5.73 Å². The average Bonchev–Trinajstić information content (AvgIpc) is 3.40. The van der Waals surface area contributed by atoms with Crippen LogP contribution in [0, 0.1) is 0 Å². The zero-order valence-corrected chi connectivity index (χ0v) is 24.7. The Labute approximate surface area is 253 Å².